The quantitative estimate of drug-likeness (QED) is 0.482. The van der Waals surface area contributed by atoms with E-state index in [2.05, 4.69) is 0 Å². The Morgan fingerprint density at radius 2 is 1.73 bits per heavy atom. The lowest BCUT2D eigenvalue weighted by Gasteiger charge is -2.37. The number of ether oxygens (including phenoxy) is 2. The normalized spacial score (nSPS) is 18.2. The molecule has 1 aliphatic carbocycles. The Kier molecular flexibility index (Phi) is 8.76. The van der Waals surface area contributed by atoms with Gasteiger partial charge >= 0.3 is 12.1 Å². The molecule has 0 radical (unpaired) electrons. The summed E-state index contributed by atoms with van der Waals surface area (Å²) in [4.78, 5) is 27.1. The van der Waals surface area contributed by atoms with Gasteiger partial charge in [-0.1, -0.05) is 0 Å². The Hall–Kier alpha value is -2.63. The number of carboxylic acid groups (broad SMARTS) is 1. The van der Waals surface area contributed by atoms with Crippen molar-refractivity contribution in [3.05, 3.63) is 36.4 Å². The van der Waals surface area contributed by atoms with Crippen molar-refractivity contribution < 1.29 is 32.6 Å². The Bertz CT molecular complexity index is 1180. The molecule has 11 heteroatoms. The van der Waals surface area contributed by atoms with E-state index in [1.54, 1.807) is 11.0 Å². The molecule has 9 nitrogen and oxygen atoms in total. The monoisotopic (exact) mass is 550 g/mol. The van der Waals surface area contributed by atoms with E-state index in [1.807, 2.05) is 31.2 Å². The Labute approximate surface area is 222 Å². The molecule has 1 saturated carbocycles. The average Bonchev–Trinajstić information content (AvgIpc) is 3.58. The molecule has 2 fully saturated rings. The van der Waals surface area contributed by atoms with Crippen molar-refractivity contribution in [2.45, 2.75) is 61.8 Å². The number of amides is 1. The van der Waals surface area contributed by atoms with Gasteiger partial charge in [0.1, 0.15) is 22.1 Å². The van der Waals surface area contributed by atoms with Crippen LogP contribution in [0.2, 0.25) is 0 Å². The minimum absolute atomic E-state index is 0.0356. The van der Waals surface area contributed by atoms with Crippen LogP contribution in [0.15, 0.2) is 40.6 Å². The van der Waals surface area contributed by atoms with E-state index < -0.39 is 28.0 Å². The zero-order valence-corrected chi connectivity index (χ0v) is 22.8. The van der Waals surface area contributed by atoms with Gasteiger partial charge in [0.15, 0.2) is 0 Å². The first-order chi connectivity index (χ1) is 17.7. The molecule has 202 valence electrons. The number of likely N-dealkylation sites (tertiary alicyclic amines) is 1. The highest BCUT2D eigenvalue weighted by Gasteiger charge is 2.41. The minimum Gasteiger partial charge on any atom is -0.494 e. The molecule has 0 bridgehead atoms. The summed E-state index contributed by atoms with van der Waals surface area (Å²) in [7, 11) is -2.72. The van der Waals surface area contributed by atoms with Crippen molar-refractivity contribution in [2.24, 2.45) is 5.92 Å². The van der Waals surface area contributed by atoms with Crippen molar-refractivity contribution in [3.8, 4) is 16.2 Å². The number of carbonyl (C=O) groups excluding carboxylic acids is 1. The van der Waals surface area contributed by atoms with E-state index >= 15 is 0 Å². The first-order valence-corrected chi connectivity index (χ1v) is 15.0. The van der Waals surface area contributed by atoms with Gasteiger partial charge in [0.2, 0.25) is 0 Å². The number of hydrogen-bond acceptors (Lipinski definition) is 7. The molecule has 1 atom stereocenters. The third kappa shape index (κ3) is 6.27. The maximum absolute atomic E-state index is 13.4. The van der Waals surface area contributed by atoms with Crippen LogP contribution in [-0.2, 0) is 19.6 Å². The van der Waals surface area contributed by atoms with Gasteiger partial charge in [-0.15, -0.1) is 11.3 Å². The number of aliphatic carboxylic acids is 1. The number of likely N-dealkylation sites (N-methyl/N-ethyl adjacent to an activating group) is 1. The molecule has 0 spiro atoms. The van der Waals surface area contributed by atoms with E-state index in [4.69, 9.17) is 9.47 Å². The topological polar surface area (TPSA) is 113 Å². The highest BCUT2D eigenvalue weighted by atomic mass is 32.2. The van der Waals surface area contributed by atoms with E-state index in [-0.39, 0.29) is 16.4 Å². The van der Waals surface area contributed by atoms with Crippen LogP contribution in [0.3, 0.4) is 0 Å². The molecule has 1 N–H and O–H groups in total. The lowest BCUT2D eigenvalue weighted by molar-refractivity contribution is -0.143. The van der Waals surface area contributed by atoms with Gasteiger partial charge in [-0.2, -0.15) is 4.31 Å². The van der Waals surface area contributed by atoms with Crippen molar-refractivity contribution in [2.75, 3.05) is 26.7 Å². The maximum Gasteiger partial charge on any atom is 0.410 e. The smallest absolute Gasteiger partial charge is 0.410 e. The number of hydrogen-bond donors (Lipinski definition) is 1. The van der Waals surface area contributed by atoms with Gasteiger partial charge in [0.05, 0.1) is 6.61 Å². The molecule has 1 amide bonds. The second-order valence-electron chi connectivity index (χ2n) is 9.50. The van der Waals surface area contributed by atoms with E-state index in [0.717, 1.165) is 57.5 Å². The van der Waals surface area contributed by atoms with Crippen LogP contribution in [0, 0.1) is 5.92 Å². The fraction of sp³-hybridized carbons (Fsp3) is 0.538. The third-order valence-electron chi connectivity index (χ3n) is 7.12. The van der Waals surface area contributed by atoms with Crippen molar-refractivity contribution in [1.29, 1.82) is 0 Å². The van der Waals surface area contributed by atoms with Gasteiger partial charge in [0.25, 0.3) is 10.0 Å². The average molecular weight is 551 g/mol. The fourth-order valence-corrected chi connectivity index (χ4v) is 7.93. The third-order valence-corrected chi connectivity index (χ3v) is 10.6. The van der Waals surface area contributed by atoms with Gasteiger partial charge < -0.3 is 19.5 Å². The highest BCUT2D eigenvalue weighted by molar-refractivity contribution is 7.91. The molecule has 1 aliphatic heterocycles. The molecule has 2 heterocycles. The Morgan fingerprint density at radius 3 is 2.32 bits per heavy atom. The zero-order chi connectivity index (χ0) is 26.6. The van der Waals surface area contributed by atoms with E-state index in [1.165, 1.54) is 13.1 Å². The van der Waals surface area contributed by atoms with Crippen LogP contribution in [0.5, 0.6) is 5.75 Å². The SMILES string of the molecule is CCOc1ccc(-c2ccc(S(=O)(=O)N(C)[C@@H](C(=O)O)C3CCN(C(=O)OC4CCCC4)CC3)s2)cc1. The lowest BCUT2D eigenvalue weighted by Crippen LogP contribution is -2.51. The number of carbonyl (C=O) groups is 2. The summed E-state index contributed by atoms with van der Waals surface area (Å²) in [5.41, 5.74) is 0.851. The predicted octanol–water partition coefficient (Wildman–Crippen LogP) is 4.68. The van der Waals surface area contributed by atoms with Crippen molar-refractivity contribution >= 4 is 33.4 Å². The molecule has 1 aromatic heterocycles. The lowest BCUT2D eigenvalue weighted by atomic mass is 9.89. The van der Waals surface area contributed by atoms with Crippen LogP contribution < -0.4 is 4.74 Å². The molecular formula is C26H34N2O7S2. The summed E-state index contributed by atoms with van der Waals surface area (Å²) in [5, 5.41) is 10.0. The van der Waals surface area contributed by atoms with E-state index in [0.29, 0.717) is 32.5 Å². The highest BCUT2D eigenvalue weighted by Crippen LogP contribution is 2.35. The van der Waals surface area contributed by atoms with Gasteiger partial charge in [0, 0.05) is 25.0 Å². The van der Waals surface area contributed by atoms with Crippen LogP contribution >= 0.6 is 11.3 Å². The number of benzene rings is 1. The molecule has 37 heavy (non-hydrogen) atoms. The fourth-order valence-electron chi connectivity index (χ4n) is 5.06. The molecule has 4 rings (SSSR count). The van der Waals surface area contributed by atoms with E-state index in [9.17, 15) is 23.1 Å². The van der Waals surface area contributed by atoms with Gasteiger partial charge in [-0.05, 0) is 93.3 Å². The molecular weight excluding hydrogens is 516 g/mol. The second kappa shape index (κ2) is 11.8. The summed E-state index contributed by atoms with van der Waals surface area (Å²) in [5.74, 6) is -0.878. The number of nitrogens with zero attached hydrogens (tertiary/aromatic N) is 2. The minimum atomic E-state index is -4.04. The number of carboxylic acids is 1. The van der Waals surface area contributed by atoms with Crippen LogP contribution in [0.4, 0.5) is 4.79 Å². The first-order valence-electron chi connectivity index (χ1n) is 12.7. The number of rotatable bonds is 9. The zero-order valence-electron chi connectivity index (χ0n) is 21.2. The molecule has 2 aromatic rings. The summed E-state index contributed by atoms with van der Waals surface area (Å²) in [6.07, 6.45) is 4.27. The van der Waals surface area contributed by atoms with Crippen molar-refractivity contribution in [3.63, 3.8) is 0 Å². The van der Waals surface area contributed by atoms with Crippen molar-refractivity contribution in [1.82, 2.24) is 9.21 Å². The summed E-state index contributed by atoms with van der Waals surface area (Å²) < 4.78 is 39.0. The second-order valence-corrected chi connectivity index (χ2v) is 12.8. The predicted molar refractivity (Wildman–Crippen MR) is 140 cm³/mol. The van der Waals surface area contributed by atoms with Crippen LogP contribution in [0.1, 0.15) is 45.4 Å². The number of thiophene rings is 1. The number of sulfonamides is 1. The molecule has 1 saturated heterocycles. The molecule has 2 aliphatic rings. The first kappa shape index (κ1) is 27.4. The van der Waals surface area contributed by atoms with Gasteiger partial charge in [-0.25, -0.2) is 13.2 Å². The Balaban J connectivity index is 1.42. The molecule has 1 aromatic carbocycles. The number of piperidine rings is 1. The summed E-state index contributed by atoms with van der Waals surface area (Å²) in [6.45, 7) is 3.14. The Morgan fingerprint density at radius 1 is 1.08 bits per heavy atom. The van der Waals surface area contributed by atoms with Crippen LogP contribution in [0.25, 0.3) is 10.4 Å². The largest absolute Gasteiger partial charge is 0.494 e. The van der Waals surface area contributed by atoms with Gasteiger partial charge in [-0.3, -0.25) is 4.79 Å². The van der Waals surface area contributed by atoms with Crippen LogP contribution in [-0.4, -0.2) is 73.7 Å². The molecule has 0 unspecified atom stereocenters. The standard InChI is InChI=1S/C26H34N2O7S2/c1-3-34-20-10-8-18(9-11-20)22-12-13-23(36-22)37(32,33)27(2)24(25(29)30)19-14-16-28(17-15-19)26(31)35-21-6-4-5-7-21/h8-13,19,21,24H,3-7,14-17H2,1-2H3,(H,29,30)/t24-/m1/s1. The summed E-state index contributed by atoms with van der Waals surface area (Å²) >= 11 is 1.10. The maximum atomic E-state index is 13.4. The summed E-state index contributed by atoms with van der Waals surface area (Å²) in [6, 6.07) is 9.40.